The smallest absolute Gasteiger partial charge is 0.268 e. The highest BCUT2D eigenvalue weighted by atomic mass is 16.2. The first-order valence-electron chi connectivity index (χ1n) is 8.64. The molecule has 1 unspecified atom stereocenters. The molecule has 0 fully saturated rings. The Balaban J connectivity index is 2.06. The van der Waals surface area contributed by atoms with Crippen LogP contribution in [0.15, 0.2) is 76.7 Å². The fourth-order valence-corrected chi connectivity index (χ4v) is 3.19. The van der Waals surface area contributed by atoms with Crippen LogP contribution < -0.4 is 11.2 Å². The highest BCUT2D eigenvalue weighted by Gasteiger charge is 2.20. The Morgan fingerprint density at radius 2 is 1.79 bits per heavy atom. The molecule has 3 heterocycles. The molecule has 1 atom stereocenters. The summed E-state index contributed by atoms with van der Waals surface area (Å²) in [5.74, 6) is 0. The first-order chi connectivity index (χ1) is 13.6. The van der Waals surface area contributed by atoms with E-state index in [-0.39, 0.29) is 5.65 Å². The van der Waals surface area contributed by atoms with Gasteiger partial charge in [-0.15, -0.1) is 0 Å². The van der Waals surface area contributed by atoms with E-state index < -0.39 is 17.3 Å². The van der Waals surface area contributed by atoms with E-state index >= 15 is 0 Å². The highest BCUT2D eigenvalue weighted by Crippen LogP contribution is 2.17. The molecule has 0 aliphatic heterocycles. The van der Waals surface area contributed by atoms with Crippen LogP contribution in [0.25, 0.3) is 16.7 Å². The number of nitrogens with zero attached hydrogens (tertiary/aromatic N) is 5. The summed E-state index contributed by atoms with van der Waals surface area (Å²) in [6.07, 6.45) is 4.81. The van der Waals surface area contributed by atoms with Crippen LogP contribution in [0, 0.1) is 11.3 Å². The van der Waals surface area contributed by atoms with E-state index in [9.17, 15) is 9.59 Å². The fourth-order valence-electron chi connectivity index (χ4n) is 3.19. The minimum Gasteiger partial charge on any atom is -0.268 e. The van der Waals surface area contributed by atoms with Crippen LogP contribution in [0.4, 0.5) is 0 Å². The molecule has 3 aromatic heterocycles. The van der Waals surface area contributed by atoms with Crippen molar-refractivity contribution in [1.29, 1.82) is 5.26 Å². The van der Waals surface area contributed by atoms with Gasteiger partial charge in [-0.1, -0.05) is 6.07 Å². The molecule has 0 spiro atoms. The zero-order valence-corrected chi connectivity index (χ0v) is 15.0. The van der Waals surface area contributed by atoms with Crippen molar-refractivity contribution in [3.8, 4) is 11.8 Å². The van der Waals surface area contributed by atoms with Gasteiger partial charge >= 0.3 is 5.69 Å². The van der Waals surface area contributed by atoms with E-state index in [0.717, 1.165) is 5.56 Å². The average molecular weight is 369 g/mol. The molecule has 0 aliphatic carbocycles. The Hall–Kier alpha value is -4.05. The predicted molar refractivity (Wildman–Crippen MR) is 104 cm³/mol. The summed E-state index contributed by atoms with van der Waals surface area (Å²) in [5, 5.41) is 9.36. The second kappa shape index (κ2) is 6.93. The molecule has 7 nitrogen and oxygen atoms in total. The minimum atomic E-state index is -0.511. The number of hydrogen-bond donors (Lipinski definition) is 0. The summed E-state index contributed by atoms with van der Waals surface area (Å²) in [5.41, 5.74) is 1.12. The number of rotatable bonds is 3. The Labute approximate surface area is 159 Å². The number of pyridine rings is 2. The van der Waals surface area contributed by atoms with E-state index in [1.54, 1.807) is 61.8 Å². The summed E-state index contributed by atoms with van der Waals surface area (Å²) in [7, 11) is 0. The first-order valence-corrected chi connectivity index (χ1v) is 8.64. The summed E-state index contributed by atoms with van der Waals surface area (Å²) < 4.78 is 2.60. The highest BCUT2D eigenvalue weighted by molar-refractivity contribution is 5.75. The van der Waals surface area contributed by atoms with Crippen molar-refractivity contribution in [2.45, 2.75) is 13.0 Å². The number of fused-ring (bicyclic) bond motifs is 1. The van der Waals surface area contributed by atoms with Crippen molar-refractivity contribution in [2.75, 3.05) is 0 Å². The van der Waals surface area contributed by atoms with Gasteiger partial charge in [0.05, 0.1) is 28.7 Å². The molecule has 0 amide bonds. The predicted octanol–water partition coefficient (Wildman–Crippen LogP) is 2.42. The molecule has 4 rings (SSSR count). The number of aromatic nitrogens is 4. The van der Waals surface area contributed by atoms with Crippen LogP contribution in [-0.4, -0.2) is 19.1 Å². The Morgan fingerprint density at radius 3 is 2.46 bits per heavy atom. The third-order valence-electron chi connectivity index (χ3n) is 4.65. The molecule has 0 radical (unpaired) electrons. The zero-order chi connectivity index (χ0) is 19.7. The average Bonchev–Trinajstić information content (AvgIpc) is 2.75. The van der Waals surface area contributed by atoms with Gasteiger partial charge in [-0.05, 0) is 55.0 Å². The molecule has 136 valence electrons. The quantitative estimate of drug-likeness (QED) is 0.553. The van der Waals surface area contributed by atoms with Gasteiger partial charge in [0.2, 0.25) is 0 Å². The van der Waals surface area contributed by atoms with Gasteiger partial charge in [0.25, 0.3) is 5.56 Å². The monoisotopic (exact) mass is 369 g/mol. The molecule has 28 heavy (non-hydrogen) atoms. The molecular formula is C21H15N5O2. The second-order valence-corrected chi connectivity index (χ2v) is 6.29. The fraction of sp³-hybridized carbons (Fsp3) is 0.0952. The van der Waals surface area contributed by atoms with Crippen molar-refractivity contribution in [1.82, 2.24) is 19.1 Å². The summed E-state index contributed by atoms with van der Waals surface area (Å²) >= 11 is 0. The molecular weight excluding hydrogens is 354 g/mol. The standard InChI is InChI=1S/C21H15N5O2/c1-14(16-4-2-10-23-13-16)25-20(27)18-5-3-11-24-19(18)26(21(25)28)17-8-6-15(12-22)7-9-17/h2-11,13-14H,1H3. The van der Waals surface area contributed by atoms with Crippen molar-refractivity contribution in [3.05, 3.63) is 99.1 Å². The van der Waals surface area contributed by atoms with E-state index in [2.05, 4.69) is 16.0 Å². The largest absolute Gasteiger partial charge is 0.337 e. The molecule has 7 heteroatoms. The lowest BCUT2D eigenvalue weighted by atomic mass is 10.1. The lowest BCUT2D eigenvalue weighted by molar-refractivity contribution is 0.570. The number of nitriles is 1. The maximum absolute atomic E-state index is 13.4. The van der Waals surface area contributed by atoms with E-state index in [1.165, 1.54) is 15.3 Å². The Bertz CT molecular complexity index is 1320. The van der Waals surface area contributed by atoms with Crippen molar-refractivity contribution < 1.29 is 0 Å². The number of benzene rings is 1. The SMILES string of the molecule is CC(c1cccnc1)n1c(=O)c2cccnc2n(-c2ccc(C#N)cc2)c1=O. The van der Waals surface area contributed by atoms with Crippen molar-refractivity contribution in [2.24, 2.45) is 0 Å². The third-order valence-corrected chi connectivity index (χ3v) is 4.65. The topological polar surface area (TPSA) is 93.6 Å². The molecule has 4 aromatic rings. The van der Waals surface area contributed by atoms with E-state index in [4.69, 9.17) is 5.26 Å². The molecule has 0 aliphatic rings. The minimum absolute atomic E-state index is 0.275. The summed E-state index contributed by atoms with van der Waals surface area (Å²) in [4.78, 5) is 34.8. The van der Waals surface area contributed by atoms with Crippen LogP contribution in [-0.2, 0) is 0 Å². The van der Waals surface area contributed by atoms with Gasteiger partial charge in [-0.25, -0.2) is 14.3 Å². The molecule has 0 bridgehead atoms. The molecule has 1 aromatic carbocycles. The Kier molecular flexibility index (Phi) is 4.30. The zero-order valence-electron chi connectivity index (χ0n) is 15.0. The lowest BCUT2D eigenvalue weighted by Gasteiger charge is -2.18. The van der Waals surface area contributed by atoms with Crippen molar-refractivity contribution in [3.63, 3.8) is 0 Å². The number of hydrogen-bond acceptors (Lipinski definition) is 5. The summed E-state index contributed by atoms with van der Waals surface area (Å²) in [6, 6.07) is 15.0. The van der Waals surface area contributed by atoms with E-state index in [0.29, 0.717) is 16.6 Å². The normalized spacial score (nSPS) is 11.9. The summed E-state index contributed by atoms with van der Waals surface area (Å²) in [6.45, 7) is 1.78. The van der Waals surface area contributed by atoms with Crippen LogP contribution in [0.3, 0.4) is 0 Å². The first kappa shape index (κ1) is 17.4. The lowest BCUT2D eigenvalue weighted by Crippen LogP contribution is -2.41. The van der Waals surface area contributed by atoms with Crippen molar-refractivity contribution >= 4 is 11.0 Å². The van der Waals surface area contributed by atoms with Gasteiger partial charge in [0.15, 0.2) is 5.65 Å². The molecule has 0 saturated heterocycles. The van der Waals surface area contributed by atoms with Gasteiger partial charge in [0.1, 0.15) is 0 Å². The van der Waals surface area contributed by atoms with Crippen LogP contribution in [0.1, 0.15) is 24.1 Å². The van der Waals surface area contributed by atoms with Gasteiger partial charge < -0.3 is 0 Å². The maximum atomic E-state index is 13.4. The van der Waals surface area contributed by atoms with Gasteiger partial charge in [-0.2, -0.15) is 5.26 Å². The van der Waals surface area contributed by atoms with Crippen LogP contribution in [0.5, 0.6) is 0 Å². The maximum Gasteiger partial charge on any atom is 0.337 e. The Morgan fingerprint density at radius 1 is 1.04 bits per heavy atom. The second-order valence-electron chi connectivity index (χ2n) is 6.29. The molecule has 0 saturated carbocycles. The van der Waals surface area contributed by atoms with Gasteiger partial charge in [-0.3, -0.25) is 14.3 Å². The van der Waals surface area contributed by atoms with Gasteiger partial charge in [0, 0.05) is 18.6 Å². The van der Waals surface area contributed by atoms with Crippen LogP contribution >= 0.6 is 0 Å². The van der Waals surface area contributed by atoms with Crippen LogP contribution in [0.2, 0.25) is 0 Å². The molecule has 0 N–H and O–H groups in total. The van der Waals surface area contributed by atoms with E-state index in [1.807, 2.05) is 6.07 Å². The third kappa shape index (κ3) is 2.77.